The van der Waals surface area contributed by atoms with Crippen molar-refractivity contribution < 1.29 is 8.78 Å². The summed E-state index contributed by atoms with van der Waals surface area (Å²) in [6.45, 7) is 1.83. The molecule has 6 nitrogen and oxygen atoms in total. The van der Waals surface area contributed by atoms with Gasteiger partial charge in [0.15, 0.2) is 5.96 Å². The molecule has 0 saturated carbocycles. The Morgan fingerprint density at radius 3 is 3.04 bits per heavy atom. The second kappa shape index (κ2) is 9.03. The summed E-state index contributed by atoms with van der Waals surface area (Å²) < 4.78 is 26.7. The minimum atomic E-state index is -2.62. The highest BCUT2D eigenvalue weighted by Gasteiger charge is 2.23. The highest BCUT2D eigenvalue weighted by atomic mass is 35.5. The van der Waals surface area contributed by atoms with Crippen LogP contribution in [0.15, 0.2) is 41.7 Å². The number of nitrogens with zero attached hydrogens (tertiary/aromatic N) is 4. The molecule has 1 aliphatic rings. The van der Waals surface area contributed by atoms with Gasteiger partial charge in [-0.1, -0.05) is 17.7 Å². The molecule has 1 fully saturated rings. The number of rotatable bonds is 6. The van der Waals surface area contributed by atoms with E-state index in [4.69, 9.17) is 11.6 Å². The van der Waals surface area contributed by atoms with Gasteiger partial charge in [0.2, 0.25) is 0 Å². The summed E-state index contributed by atoms with van der Waals surface area (Å²) in [7, 11) is 0. The van der Waals surface area contributed by atoms with E-state index in [1.807, 2.05) is 31.2 Å². The van der Waals surface area contributed by atoms with Crippen LogP contribution in [0.2, 0.25) is 5.02 Å². The largest absolute Gasteiger partial charge is 0.369 e. The molecule has 0 radical (unpaired) electrons. The highest BCUT2D eigenvalue weighted by Crippen LogP contribution is 2.23. The second-order valence-corrected chi connectivity index (χ2v) is 6.72. The number of hydrogen-bond acceptors (Lipinski definition) is 3. The molecule has 0 aliphatic carbocycles. The average molecular weight is 397 g/mol. The Bertz CT molecular complexity index is 779. The quantitative estimate of drug-likeness (QED) is 0.581. The Kier molecular flexibility index (Phi) is 6.49. The lowest BCUT2D eigenvalue weighted by Crippen LogP contribution is -2.44. The third-order valence-electron chi connectivity index (χ3n) is 4.38. The lowest BCUT2D eigenvalue weighted by atomic mass is 10.3. The van der Waals surface area contributed by atoms with Gasteiger partial charge in [-0.25, -0.2) is 9.98 Å². The van der Waals surface area contributed by atoms with E-state index >= 15 is 0 Å². The molecule has 2 aromatic rings. The van der Waals surface area contributed by atoms with Crippen molar-refractivity contribution in [2.24, 2.45) is 4.99 Å². The average Bonchev–Trinajstić information content (AvgIpc) is 3.29. The summed E-state index contributed by atoms with van der Waals surface area (Å²) in [5, 5.41) is 7.26. The van der Waals surface area contributed by atoms with E-state index < -0.39 is 6.55 Å². The van der Waals surface area contributed by atoms with E-state index in [1.165, 1.54) is 12.4 Å². The standard InChI is InChI=1S/C18H23ClF2N6/c1-2-22-18(24-11-16-23-7-9-27(16)17(20)21)25-14-6-8-26(12-14)15-5-3-4-13(19)10-15/h3-5,7,9-10,14,17H,2,6,8,11-12H2,1H3,(H2,22,24,25). The minimum absolute atomic E-state index is 0.0808. The molecule has 2 N–H and O–H groups in total. The number of anilines is 1. The molecular formula is C18H23ClF2N6. The van der Waals surface area contributed by atoms with Crippen molar-refractivity contribution >= 4 is 23.2 Å². The van der Waals surface area contributed by atoms with E-state index in [0.717, 1.165) is 29.8 Å². The van der Waals surface area contributed by atoms with Crippen LogP contribution in [0.25, 0.3) is 0 Å². The second-order valence-electron chi connectivity index (χ2n) is 6.28. The summed E-state index contributed by atoms with van der Waals surface area (Å²) >= 11 is 6.08. The fourth-order valence-electron chi connectivity index (χ4n) is 3.09. The van der Waals surface area contributed by atoms with Gasteiger partial charge in [0.05, 0.1) is 0 Å². The third kappa shape index (κ3) is 5.09. The fourth-order valence-corrected chi connectivity index (χ4v) is 3.28. The number of alkyl halides is 2. The normalized spacial score (nSPS) is 17.6. The van der Waals surface area contributed by atoms with Crippen LogP contribution < -0.4 is 15.5 Å². The zero-order valence-electron chi connectivity index (χ0n) is 15.1. The molecule has 146 valence electrons. The maximum absolute atomic E-state index is 12.9. The summed E-state index contributed by atoms with van der Waals surface area (Å²) in [6, 6.07) is 7.99. The van der Waals surface area contributed by atoms with E-state index in [0.29, 0.717) is 17.5 Å². The Morgan fingerprint density at radius 2 is 2.30 bits per heavy atom. The highest BCUT2D eigenvalue weighted by molar-refractivity contribution is 6.30. The lowest BCUT2D eigenvalue weighted by molar-refractivity contribution is 0.0671. The first kappa shape index (κ1) is 19.4. The topological polar surface area (TPSA) is 57.5 Å². The molecule has 1 aliphatic heterocycles. The lowest BCUT2D eigenvalue weighted by Gasteiger charge is -2.20. The van der Waals surface area contributed by atoms with Crippen molar-refractivity contribution in [1.82, 2.24) is 20.2 Å². The maximum atomic E-state index is 12.9. The van der Waals surface area contributed by atoms with Crippen molar-refractivity contribution in [3.05, 3.63) is 47.5 Å². The Balaban J connectivity index is 1.62. The Labute approximate surface area is 162 Å². The SMILES string of the molecule is CCNC(=NCc1nccn1C(F)F)NC1CCN(c2cccc(Cl)c2)C1. The van der Waals surface area contributed by atoms with Crippen molar-refractivity contribution in [2.45, 2.75) is 32.5 Å². The monoisotopic (exact) mass is 396 g/mol. The van der Waals surface area contributed by atoms with Gasteiger partial charge in [0.25, 0.3) is 0 Å². The molecule has 0 amide bonds. The van der Waals surface area contributed by atoms with Crippen LogP contribution in [0.3, 0.4) is 0 Å². The molecule has 27 heavy (non-hydrogen) atoms. The number of benzene rings is 1. The van der Waals surface area contributed by atoms with E-state index in [1.54, 1.807) is 0 Å². The van der Waals surface area contributed by atoms with Crippen LogP contribution in [0.1, 0.15) is 25.7 Å². The van der Waals surface area contributed by atoms with Crippen molar-refractivity contribution in [3.8, 4) is 0 Å². The zero-order valence-corrected chi connectivity index (χ0v) is 15.8. The fraction of sp³-hybridized carbons (Fsp3) is 0.444. The Morgan fingerprint density at radius 1 is 1.44 bits per heavy atom. The van der Waals surface area contributed by atoms with Gasteiger partial charge in [-0.2, -0.15) is 8.78 Å². The molecule has 0 spiro atoms. The number of hydrogen-bond donors (Lipinski definition) is 2. The van der Waals surface area contributed by atoms with Gasteiger partial charge in [0, 0.05) is 48.8 Å². The smallest absolute Gasteiger partial charge is 0.319 e. The summed E-state index contributed by atoms with van der Waals surface area (Å²) in [5.74, 6) is 0.827. The predicted octanol–water partition coefficient (Wildman–Crippen LogP) is 3.27. The molecule has 1 atom stereocenters. The number of aliphatic imine (C=N–C) groups is 1. The first-order chi connectivity index (χ1) is 13.1. The van der Waals surface area contributed by atoms with E-state index in [-0.39, 0.29) is 18.4 Å². The molecule has 0 bridgehead atoms. The van der Waals surface area contributed by atoms with Crippen LogP contribution in [0, 0.1) is 0 Å². The van der Waals surface area contributed by atoms with Crippen LogP contribution >= 0.6 is 11.6 Å². The molecule has 1 aromatic heterocycles. The first-order valence-electron chi connectivity index (χ1n) is 8.92. The number of halogens is 3. The van der Waals surface area contributed by atoms with Crippen molar-refractivity contribution in [3.63, 3.8) is 0 Å². The number of nitrogens with one attached hydrogen (secondary N) is 2. The molecule has 1 saturated heterocycles. The van der Waals surface area contributed by atoms with E-state index in [2.05, 4.69) is 25.5 Å². The molecule has 2 heterocycles. The van der Waals surface area contributed by atoms with Gasteiger partial charge in [0.1, 0.15) is 12.4 Å². The van der Waals surface area contributed by atoms with Gasteiger partial charge in [-0.3, -0.25) is 4.57 Å². The summed E-state index contributed by atoms with van der Waals surface area (Å²) in [4.78, 5) is 10.6. The van der Waals surface area contributed by atoms with Crippen molar-refractivity contribution in [1.29, 1.82) is 0 Å². The van der Waals surface area contributed by atoms with Gasteiger partial charge >= 0.3 is 6.55 Å². The summed E-state index contributed by atoms with van der Waals surface area (Å²) in [5.41, 5.74) is 1.09. The van der Waals surface area contributed by atoms with Gasteiger partial charge in [-0.05, 0) is 31.5 Å². The zero-order chi connectivity index (χ0) is 19.2. The van der Waals surface area contributed by atoms with Gasteiger partial charge in [-0.15, -0.1) is 0 Å². The van der Waals surface area contributed by atoms with Crippen LogP contribution in [-0.4, -0.2) is 41.2 Å². The number of imidazole rings is 1. The Hall–Kier alpha value is -2.35. The summed E-state index contributed by atoms with van der Waals surface area (Å²) in [6.07, 6.45) is 3.56. The third-order valence-corrected chi connectivity index (χ3v) is 4.62. The molecule has 3 rings (SSSR count). The van der Waals surface area contributed by atoms with E-state index in [9.17, 15) is 8.78 Å². The van der Waals surface area contributed by atoms with Crippen LogP contribution in [0.4, 0.5) is 14.5 Å². The minimum Gasteiger partial charge on any atom is -0.369 e. The molecule has 1 unspecified atom stereocenters. The van der Waals surface area contributed by atoms with Crippen LogP contribution in [-0.2, 0) is 6.54 Å². The maximum Gasteiger partial charge on any atom is 0.319 e. The van der Waals surface area contributed by atoms with Crippen molar-refractivity contribution in [2.75, 3.05) is 24.5 Å². The molecule has 9 heteroatoms. The predicted molar refractivity (Wildman–Crippen MR) is 104 cm³/mol. The van der Waals surface area contributed by atoms with Gasteiger partial charge < -0.3 is 15.5 Å². The molecular weight excluding hydrogens is 374 g/mol. The number of aromatic nitrogens is 2. The van der Waals surface area contributed by atoms with Crippen LogP contribution in [0.5, 0.6) is 0 Å². The first-order valence-corrected chi connectivity index (χ1v) is 9.30. The number of guanidine groups is 1. The molecule has 1 aromatic carbocycles.